The smallest absolute Gasteiger partial charge is 0.328 e. The molecule has 0 radical (unpaired) electrons. The van der Waals surface area contributed by atoms with Crippen molar-refractivity contribution in [2.45, 2.75) is 0 Å². The van der Waals surface area contributed by atoms with E-state index in [2.05, 4.69) is 21.4 Å². The molecule has 8 heteroatoms. The van der Waals surface area contributed by atoms with Crippen molar-refractivity contribution in [3.8, 4) is 5.75 Å². The van der Waals surface area contributed by atoms with Gasteiger partial charge in [0.15, 0.2) is 0 Å². The van der Waals surface area contributed by atoms with Gasteiger partial charge in [-0.25, -0.2) is 4.79 Å². The van der Waals surface area contributed by atoms with E-state index in [0.717, 1.165) is 6.08 Å². The van der Waals surface area contributed by atoms with Crippen LogP contribution >= 0.6 is 15.9 Å². The normalized spacial score (nSPS) is 10.1. The molecule has 0 saturated heterocycles. The highest BCUT2D eigenvalue weighted by Crippen LogP contribution is 2.25. The van der Waals surface area contributed by atoms with E-state index in [4.69, 9.17) is 9.84 Å². The Morgan fingerprint density at radius 3 is 2.50 bits per heavy atom. The lowest BCUT2D eigenvalue weighted by atomic mass is 10.2. The van der Waals surface area contributed by atoms with Gasteiger partial charge >= 0.3 is 5.97 Å². The van der Waals surface area contributed by atoms with Gasteiger partial charge in [0, 0.05) is 17.7 Å². The summed E-state index contributed by atoms with van der Waals surface area (Å²) in [5.41, 5.74) is 4.48. The Balaban J connectivity index is 2.61. The summed E-state index contributed by atoms with van der Waals surface area (Å²) in [6.45, 7) is 0. The fourth-order valence-corrected chi connectivity index (χ4v) is 1.73. The van der Waals surface area contributed by atoms with Crippen LogP contribution in [-0.4, -0.2) is 30.0 Å². The van der Waals surface area contributed by atoms with Gasteiger partial charge < -0.3 is 9.84 Å². The molecular weight excluding hydrogens is 332 g/mol. The molecule has 1 aromatic rings. The van der Waals surface area contributed by atoms with Gasteiger partial charge in [0.05, 0.1) is 11.6 Å². The van der Waals surface area contributed by atoms with Gasteiger partial charge in [0.1, 0.15) is 5.75 Å². The van der Waals surface area contributed by atoms with E-state index in [1.165, 1.54) is 19.2 Å². The van der Waals surface area contributed by atoms with Crippen LogP contribution in [0.1, 0.15) is 10.4 Å². The SMILES string of the molecule is COc1ccc(C(=O)NNC(=O)/C=C/C(=O)O)cc1Br. The summed E-state index contributed by atoms with van der Waals surface area (Å²) in [5, 5.41) is 8.33. The lowest BCUT2D eigenvalue weighted by Gasteiger charge is -2.07. The quantitative estimate of drug-likeness (QED) is 0.556. The minimum Gasteiger partial charge on any atom is -0.496 e. The third kappa shape index (κ3) is 4.73. The predicted octanol–water partition coefficient (Wildman–Crippen LogP) is 0.859. The molecule has 106 valence electrons. The number of benzene rings is 1. The van der Waals surface area contributed by atoms with Crippen molar-refractivity contribution in [2.24, 2.45) is 0 Å². The summed E-state index contributed by atoms with van der Waals surface area (Å²) in [7, 11) is 1.49. The van der Waals surface area contributed by atoms with Gasteiger partial charge in [-0.3, -0.25) is 20.4 Å². The number of nitrogens with one attached hydrogen (secondary N) is 2. The third-order valence-corrected chi connectivity index (χ3v) is 2.71. The molecule has 0 fully saturated rings. The summed E-state index contributed by atoms with van der Waals surface area (Å²) >= 11 is 3.23. The van der Waals surface area contributed by atoms with Crippen molar-refractivity contribution < 1.29 is 24.2 Å². The number of carboxylic acids is 1. The predicted molar refractivity (Wildman–Crippen MR) is 73.1 cm³/mol. The molecule has 20 heavy (non-hydrogen) atoms. The molecule has 0 saturated carbocycles. The molecular formula is C12H11BrN2O5. The molecule has 2 amide bonds. The summed E-state index contributed by atoms with van der Waals surface area (Å²) in [6, 6.07) is 4.62. The molecule has 0 unspecified atom stereocenters. The fourth-order valence-electron chi connectivity index (χ4n) is 1.19. The Kier molecular flexibility index (Phi) is 5.73. The number of halogens is 1. The molecule has 0 aliphatic heterocycles. The highest BCUT2D eigenvalue weighted by atomic mass is 79.9. The molecule has 1 rings (SSSR count). The first-order chi connectivity index (χ1) is 9.43. The van der Waals surface area contributed by atoms with Gasteiger partial charge in [-0.1, -0.05) is 0 Å². The second kappa shape index (κ2) is 7.29. The van der Waals surface area contributed by atoms with Gasteiger partial charge in [-0.2, -0.15) is 0 Å². The van der Waals surface area contributed by atoms with Crippen LogP contribution in [-0.2, 0) is 9.59 Å². The Hall–Kier alpha value is -2.35. The van der Waals surface area contributed by atoms with E-state index in [-0.39, 0.29) is 0 Å². The Labute approximate surface area is 122 Å². The molecule has 0 bridgehead atoms. The largest absolute Gasteiger partial charge is 0.496 e. The van der Waals surface area contributed by atoms with E-state index >= 15 is 0 Å². The van der Waals surface area contributed by atoms with Crippen molar-refractivity contribution >= 4 is 33.7 Å². The first-order valence-electron chi connectivity index (χ1n) is 5.29. The van der Waals surface area contributed by atoms with E-state index in [1.54, 1.807) is 6.07 Å². The van der Waals surface area contributed by atoms with Crippen molar-refractivity contribution in [2.75, 3.05) is 7.11 Å². The minimum absolute atomic E-state index is 0.292. The van der Waals surface area contributed by atoms with Gasteiger partial charge in [-0.05, 0) is 34.1 Å². The average molecular weight is 343 g/mol. The number of ether oxygens (including phenoxy) is 1. The first-order valence-corrected chi connectivity index (χ1v) is 6.08. The standard InChI is InChI=1S/C12H11BrN2O5/c1-20-9-3-2-7(6-8(9)13)12(19)15-14-10(16)4-5-11(17)18/h2-6H,1H3,(H,14,16)(H,15,19)(H,17,18)/b5-4+. The van der Waals surface area contributed by atoms with Crippen LogP contribution in [0.5, 0.6) is 5.75 Å². The molecule has 0 aromatic heterocycles. The van der Waals surface area contributed by atoms with E-state index < -0.39 is 17.8 Å². The highest BCUT2D eigenvalue weighted by Gasteiger charge is 2.09. The second-order valence-corrected chi connectivity index (χ2v) is 4.32. The average Bonchev–Trinajstić information content (AvgIpc) is 2.42. The number of carbonyl (C=O) groups is 3. The van der Waals surface area contributed by atoms with Crippen LogP contribution in [0.25, 0.3) is 0 Å². The number of carboxylic acid groups (broad SMARTS) is 1. The molecule has 3 N–H and O–H groups in total. The molecule has 0 aliphatic carbocycles. The number of hydrazine groups is 1. The van der Waals surface area contributed by atoms with Crippen LogP contribution in [0.2, 0.25) is 0 Å². The minimum atomic E-state index is -1.26. The number of carbonyl (C=O) groups excluding carboxylic acids is 2. The topological polar surface area (TPSA) is 105 Å². The van der Waals surface area contributed by atoms with E-state index in [1.807, 2.05) is 5.43 Å². The fraction of sp³-hybridized carbons (Fsp3) is 0.0833. The zero-order valence-corrected chi connectivity index (χ0v) is 11.9. The zero-order valence-electron chi connectivity index (χ0n) is 10.3. The number of rotatable bonds is 4. The number of methoxy groups -OCH3 is 1. The number of hydrogen-bond acceptors (Lipinski definition) is 4. The first kappa shape index (κ1) is 15.7. The van der Waals surface area contributed by atoms with Crippen LogP contribution in [0.4, 0.5) is 0 Å². The maximum atomic E-state index is 11.7. The van der Waals surface area contributed by atoms with Crippen LogP contribution < -0.4 is 15.6 Å². The summed E-state index contributed by atoms with van der Waals surface area (Å²) < 4.78 is 5.61. The lowest BCUT2D eigenvalue weighted by Crippen LogP contribution is -2.40. The van der Waals surface area contributed by atoms with E-state index in [9.17, 15) is 14.4 Å². The lowest BCUT2D eigenvalue weighted by molar-refractivity contribution is -0.131. The van der Waals surface area contributed by atoms with Crippen LogP contribution in [0, 0.1) is 0 Å². The number of hydrogen-bond donors (Lipinski definition) is 3. The Bertz CT molecular complexity index is 571. The van der Waals surface area contributed by atoms with Crippen molar-refractivity contribution in [3.05, 3.63) is 40.4 Å². The van der Waals surface area contributed by atoms with Gasteiger partial charge in [-0.15, -0.1) is 0 Å². The molecule has 7 nitrogen and oxygen atoms in total. The van der Waals surface area contributed by atoms with Gasteiger partial charge in [0.25, 0.3) is 11.8 Å². The third-order valence-electron chi connectivity index (χ3n) is 2.09. The van der Waals surface area contributed by atoms with Gasteiger partial charge in [0.2, 0.25) is 0 Å². The van der Waals surface area contributed by atoms with Crippen molar-refractivity contribution in [3.63, 3.8) is 0 Å². The maximum Gasteiger partial charge on any atom is 0.328 e. The monoisotopic (exact) mass is 342 g/mol. The molecule has 0 atom stereocenters. The molecule has 0 aliphatic rings. The van der Waals surface area contributed by atoms with Crippen molar-refractivity contribution in [1.82, 2.24) is 10.9 Å². The molecule has 0 spiro atoms. The zero-order chi connectivity index (χ0) is 15.1. The summed E-state index contributed by atoms with van der Waals surface area (Å²) in [5.74, 6) is -2.00. The molecule has 0 heterocycles. The summed E-state index contributed by atoms with van der Waals surface area (Å²) in [6.07, 6.45) is 1.44. The highest BCUT2D eigenvalue weighted by molar-refractivity contribution is 9.10. The second-order valence-electron chi connectivity index (χ2n) is 3.46. The Morgan fingerprint density at radius 2 is 1.95 bits per heavy atom. The van der Waals surface area contributed by atoms with Crippen molar-refractivity contribution in [1.29, 1.82) is 0 Å². The maximum absolute atomic E-state index is 11.7. The summed E-state index contributed by atoms with van der Waals surface area (Å²) in [4.78, 5) is 33.0. The van der Waals surface area contributed by atoms with E-state index in [0.29, 0.717) is 21.9 Å². The Morgan fingerprint density at radius 1 is 1.25 bits per heavy atom. The van der Waals surface area contributed by atoms with Crippen LogP contribution in [0.15, 0.2) is 34.8 Å². The van der Waals surface area contributed by atoms with Crippen LogP contribution in [0.3, 0.4) is 0 Å². The number of amides is 2. The number of aliphatic carboxylic acids is 1. The molecule has 1 aromatic carbocycles.